The first-order valence-electron chi connectivity index (χ1n) is 11.9. The Morgan fingerprint density at radius 3 is 2.57 bits per heavy atom. The predicted octanol–water partition coefficient (Wildman–Crippen LogP) is 4.84. The highest BCUT2D eigenvalue weighted by atomic mass is 32.1. The highest BCUT2D eigenvalue weighted by molar-refractivity contribution is 7.15. The van der Waals surface area contributed by atoms with Crippen molar-refractivity contribution < 1.29 is 9.18 Å². The molecule has 0 bridgehead atoms. The van der Waals surface area contributed by atoms with Gasteiger partial charge in [-0.2, -0.15) is 5.10 Å². The van der Waals surface area contributed by atoms with Gasteiger partial charge in [-0.1, -0.05) is 24.3 Å². The van der Waals surface area contributed by atoms with Crippen molar-refractivity contribution in [2.45, 2.75) is 40.7 Å². The number of carbonyl (C=O) groups excluding carboxylic acids is 1. The van der Waals surface area contributed by atoms with Gasteiger partial charge in [0.15, 0.2) is 4.96 Å². The molecule has 5 rings (SSSR count). The molecule has 0 fully saturated rings. The fourth-order valence-corrected chi connectivity index (χ4v) is 5.27. The van der Waals surface area contributed by atoms with Crippen LogP contribution in [-0.2, 0) is 17.8 Å². The first-order valence-corrected chi connectivity index (χ1v) is 12.7. The first-order chi connectivity index (χ1) is 17.7. The van der Waals surface area contributed by atoms with Crippen molar-refractivity contribution >= 4 is 22.2 Å². The number of hydrogen-bond donors (Lipinski definition) is 1. The van der Waals surface area contributed by atoms with E-state index in [9.17, 15) is 14.0 Å². The highest BCUT2D eigenvalue weighted by Crippen LogP contribution is 2.25. The number of rotatable bonds is 6. The molecular weight excluding hydrogens is 489 g/mol. The van der Waals surface area contributed by atoms with Gasteiger partial charge < -0.3 is 5.32 Å². The Morgan fingerprint density at radius 2 is 1.81 bits per heavy atom. The number of nitrogens with one attached hydrogen (secondary N) is 1. The van der Waals surface area contributed by atoms with Gasteiger partial charge in [-0.3, -0.25) is 14.0 Å². The van der Waals surface area contributed by atoms with Crippen LogP contribution in [0.4, 0.5) is 4.39 Å². The van der Waals surface area contributed by atoms with Gasteiger partial charge in [0.1, 0.15) is 11.5 Å². The molecule has 0 saturated heterocycles. The lowest BCUT2D eigenvalue weighted by Gasteiger charge is -2.09. The summed E-state index contributed by atoms with van der Waals surface area (Å²) in [6, 6.07) is 14.0. The summed E-state index contributed by atoms with van der Waals surface area (Å²) in [5.74, 6) is -0.570. The number of amides is 1. The first kappa shape index (κ1) is 24.6. The lowest BCUT2D eigenvalue weighted by molar-refractivity contribution is -0.120. The smallest absolute Gasteiger partial charge is 0.268 e. The quantitative estimate of drug-likeness (QED) is 0.351. The van der Waals surface area contributed by atoms with Gasteiger partial charge in [-0.15, -0.1) is 11.3 Å². The molecule has 3 heterocycles. The Bertz CT molecular complexity index is 1700. The number of fused-ring (bicyclic) bond motifs is 1. The van der Waals surface area contributed by atoms with Crippen LogP contribution < -0.4 is 10.9 Å². The molecule has 1 amide bonds. The number of thiazole rings is 1. The molecule has 0 atom stereocenters. The molecule has 2 aromatic carbocycles. The van der Waals surface area contributed by atoms with E-state index in [0.717, 1.165) is 28.1 Å². The fraction of sp³-hybridized carbons (Fsp3) is 0.214. The molecule has 188 valence electrons. The van der Waals surface area contributed by atoms with Crippen LogP contribution >= 0.6 is 11.3 Å². The van der Waals surface area contributed by atoms with E-state index >= 15 is 0 Å². The largest absolute Gasteiger partial charge is 0.352 e. The normalized spacial score (nSPS) is 11.3. The summed E-state index contributed by atoms with van der Waals surface area (Å²) in [5, 5.41) is 9.40. The van der Waals surface area contributed by atoms with Gasteiger partial charge in [0.05, 0.1) is 23.4 Å². The molecule has 0 unspecified atom stereocenters. The number of nitrogens with zero attached hydrogens (tertiary/aromatic N) is 4. The van der Waals surface area contributed by atoms with E-state index in [-0.39, 0.29) is 30.2 Å². The third-order valence-corrected chi connectivity index (χ3v) is 7.18. The van der Waals surface area contributed by atoms with E-state index in [1.807, 2.05) is 31.5 Å². The molecule has 0 aliphatic carbocycles. The van der Waals surface area contributed by atoms with Gasteiger partial charge >= 0.3 is 0 Å². The van der Waals surface area contributed by atoms with Crippen LogP contribution in [0.15, 0.2) is 58.7 Å². The van der Waals surface area contributed by atoms with Crippen molar-refractivity contribution in [2.75, 3.05) is 0 Å². The monoisotopic (exact) mass is 515 g/mol. The second-order valence-electron chi connectivity index (χ2n) is 9.18. The van der Waals surface area contributed by atoms with E-state index in [1.165, 1.54) is 27.9 Å². The number of halogens is 1. The summed E-state index contributed by atoms with van der Waals surface area (Å²) in [5.41, 5.74) is 6.70. The van der Waals surface area contributed by atoms with E-state index in [2.05, 4.69) is 28.5 Å². The summed E-state index contributed by atoms with van der Waals surface area (Å²) < 4.78 is 16.5. The van der Waals surface area contributed by atoms with Crippen molar-refractivity contribution in [3.8, 4) is 16.9 Å². The third kappa shape index (κ3) is 4.82. The minimum absolute atomic E-state index is 0.0151. The van der Waals surface area contributed by atoms with Crippen LogP contribution in [0, 0.1) is 33.5 Å². The summed E-state index contributed by atoms with van der Waals surface area (Å²) in [6.07, 6.45) is 0.0151. The number of carbonyl (C=O) groups is 1. The van der Waals surface area contributed by atoms with E-state index in [0.29, 0.717) is 27.6 Å². The molecule has 37 heavy (non-hydrogen) atoms. The Labute approximate surface area is 217 Å². The van der Waals surface area contributed by atoms with Crippen molar-refractivity contribution in [3.63, 3.8) is 0 Å². The molecule has 1 N–H and O–H groups in total. The molecule has 3 aromatic heterocycles. The maximum absolute atomic E-state index is 13.7. The van der Waals surface area contributed by atoms with Gasteiger partial charge in [0.2, 0.25) is 5.91 Å². The topological polar surface area (TPSA) is 81.3 Å². The Morgan fingerprint density at radius 1 is 1.05 bits per heavy atom. The van der Waals surface area contributed by atoms with Crippen LogP contribution in [0.1, 0.15) is 33.8 Å². The molecule has 0 aliphatic heterocycles. The molecule has 0 saturated carbocycles. The van der Waals surface area contributed by atoms with E-state index < -0.39 is 0 Å². The Balaban J connectivity index is 1.47. The van der Waals surface area contributed by atoms with Crippen LogP contribution in [0.3, 0.4) is 0 Å². The summed E-state index contributed by atoms with van der Waals surface area (Å²) in [7, 11) is 0. The van der Waals surface area contributed by atoms with Gasteiger partial charge in [0, 0.05) is 23.3 Å². The van der Waals surface area contributed by atoms with Crippen molar-refractivity contribution in [1.29, 1.82) is 0 Å². The number of aromatic nitrogens is 4. The second-order valence-corrected chi connectivity index (χ2v) is 10.0. The maximum atomic E-state index is 13.7. The Kier molecular flexibility index (Phi) is 6.47. The predicted molar refractivity (Wildman–Crippen MR) is 143 cm³/mol. The Hall–Kier alpha value is -4.11. The number of aryl methyl sites for hydroxylation is 4. The second kappa shape index (κ2) is 9.74. The average Bonchev–Trinajstić information content (AvgIpc) is 3.43. The molecule has 9 heteroatoms. The van der Waals surface area contributed by atoms with Crippen LogP contribution in [0.25, 0.3) is 21.9 Å². The minimum Gasteiger partial charge on any atom is -0.352 e. The molecule has 0 aliphatic rings. The zero-order chi connectivity index (χ0) is 26.3. The standard InChI is InChI=1S/C28H26FN5O2S/c1-16-5-6-17(2)24(11-16)34-18(3)12-23(32-34)26-19(4)31-28-33(27(26)36)22(15-37-28)13-25(35)30-14-20-7-9-21(29)10-8-20/h5-12,15H,13-14H2,1-4H3,(H,30,35). The number of hydrogen-bond acceptors (Lipinski definition) is 5. The van der Waals surface area contributed by atoms with Crippen molar-refractivity contribution in [1.82, 2.24) is 24.5 Å². The summed E-state index contributed by atoms with van der Waals surface area (Å²) in [4.78, 5) is 31.6. The van der Waals surface area contributed by atoms with Gasteiger partial charge in [-0.25, -0.2) is 14.1 Å². The molecule has 7 nitrogen and oxygen atoms in total. The summed E-state index contributed by atoms with van der Waals surface area (Å²) >= 11 is 1.32. The third-order valence-electron chi connectivity index (χ3n) is 6.30. The van der Waals surface area contributed by atoms with Gasteiger partial charge in [-0.05, 0) is 68.7 Å². The van der Waals surface area contributed by atoms with Crippen LogP contribution in [0.2, 0.25) is 0 Å². The maximum Gasteiger partial charge on any atom is 0.268 e. The zero-order valence-electron chi connectivity index (χ0n) is 21.0. The molecule has 0 radical (unpaired) electrons. The fourth-order valence-electron chi connectivity index (χ4n) is 4.34. The minimum atomic E-state index is -0.327. The highest BCUT2D eigenvalue weighted by Gasteiger charge is 2.20. The van der Waals surface area contributed by atoms with Gasteiger partial charge in [0.25, 0.3) is 5.56 Å². The lowest BCUT2D eigenvalue weighted by atomic mass is 10.1. The molecule has 0 spiro atoms. The molecule has 5 aromatic rings. The van der Waals surface area contributed by atoms with Crippen molar-refractivity contribution in [3.05, 3.63) is 104 Å². The SMILES string of the molecule is Cc1ccc(C)c(-n2nc(-c3c(C)nc4scc(CC(=O)NCc5ccc(F)cc5)n4c3=O)cc2C)c1. The van der Waals surface area contributed by atoms with Crippen LogP contribution in [-0.4, -0.2) is 25.1 Å². The summed E-state index contributed by atoms with van der Waals surface area (Å²) in [6.45, 7) is 8.09. The van der Waals surface area contributed by atoms with Crippen LogP contribution in [0.5, 0.6) is 0 Å². The van der Waals surface area contributed by atoms with E-state index in [4.69, 9.17) is 5.10 Å². The average molecular weight is 516 g/mol. The number of benzene rings is 2. The van der Waals surface area contributed by atoms with Crippen molar-refractivity contribution in [2.24, 2.45) is 0 Å². The zero-order valence-corrected chi connectivity index (χ0v) is 21.8. The lowest BCUT2D eigenvalue weighted by Crippen LogP contribution is -2.27. The molecular formula is C28H26FN5O2S. The van der Waals surface area contributed by atoms with E-state index in [1.54, 1.807) is 24.4 Å².